The van der Waals surface area contributed by atoms with Crippen LogP contribution in [0.2, 0.25) is 0 Å². The number of hydrogen-bond donors (Lipinski definition) is 2. The Morgan fingerprint density at radius 2 is 0.730 bits per heavy atom. The van der Waals surface area contributed by atoms with E-state index in [9.17, 15) is 28.9 Å². The molecule has 12 heteroatoms. The monoisotopic (exact) mass is 1050 g/mol. The van der Waals surface area contributed by atoms with Crippen LogP contribution in [0.15, 0.2) is 146 Å². The van der Waals surface area contributed by atoms with Gasteiger partial charge in [0.1, 0.15) is 12.7 Å². The molecular formula is C62H97O11P. The van der Waals surface area contributed by atoms with Crippen molar-refractivity contribution in [3.63, 3.8) is 0 Å². The van der Waals surface area contributed by atoms with Crippen molar-refractivity contribution in [1.82, 2.24) is 0 Å². The van der Waals surface area contributed by atoms with Gasteiger partial charge >= 0.3 is 25.7 Å². The van der Waals surface area contributed by atoms with E-state index in [0.29, 0.717) is 19.3 Å². The molecule has 0 aromatic rings. The zero-order valence-corrected chi connectivity index (χ0v) is 46.6. The highest BCUT2D eigenvalue weighted by molar-refractivity contribution is 7.47. The van der Waals surface area contributed by atoms with Crippen LogP contribution < -0.4 is 0 Å². The maximum Gasteiger partial charge on any atom is 0.472 e. The van der Waals surface area contributed by atoms with Crippen LogP contribution in [0.25, 0.3) is 0 Å². The topological polar surface area (TPSA) is 155 Å². The molecule has 0 aromatic heterocycles. The van der Waals surface area contributed by atoms with Crippen LogP contribution in [0, 0.1) is 0 Å². The molecule has 416 valence electrons. The molecule has 0 bridgehead atoms. The van der Waals surface area contributed by atoms with E-state index in [1.54, 1.807) is 0 Å². The van der Waals surface area contributed by atoms with E-state index < -0.39 is 64.4 Å². The predicted octanol–water partition coefficient (Wildman–Crippen LogP) is 16.4. The molecule has 0 radical (unpaired) electrons. The van der Waals surface area contributed by atoms with Crippen LogP contribution in [-0.2, 0) is 42.2 Å². The number of unbranched alkanes of at least 4 members (excludes halogenated alkanes) is 8. The maximum absolute atomic E-state index is 12.9. The molecule has 0 fully saturated rings. The molecule has 0 aliphatic heterocycles. The van der Waals surface area contributed by atoms with Gasteiger partial charge in [-0.3, -0.25) is 23.4 Å². The van der Waals surface area contributed by atoms with E-state index >= 15 is 0 Å². The molecule has 3 atom stereocenters. The summed E-state index contributed by atoms with van der Waals surface area (Å²) >= 11 is 0. The maximum atomic E-state index is 12.9. The number of aliphatic hydroxyl groups excluding tert-OH is 1. The summed E-state index contributed by atoms with van der Waals surface area (Å²) in [6.07, 6.45) is 69.8. The van der Waals surface area contributed by atoms with Crippen LogP contribution in [0.5, 0.6) is 0 Å². The summed E-state index contributed by atoms with van der Waals surface area (Å²) in [5.74, 6) is -1.69. The van der Waals surface area contributed by atoms with Crippen molar-refractivity contribution in [2.24, 2.45) is 0 Å². The van der Waals surface area contributed by atoms with Gasteiger partial charge in [0.15, 0.2) is 6.10 Å². The number of hydrogen-bond acceptors (Lipinski definition) is 10. The molecular weight excluding hydrogens is 952 g/mol. The minimum atomic E-state index is -4.79. The smallest absolute Gasteiger partial charge is 0.462 e. The Bertz CT molecular complexity index is 1800. The first-order valence-corrected chi connectivity index (χ1v) is 29.2. The molecule has 0 heterocycles. The zero-order valence-electron chi connectivity index (χ0n) is 45.7. The van der Waals surface area contributed by atoms with Crippen molar-refractivity contribution >= 4 is 25.7 Å². The summed E-state index contributed by atoms with van der Waals surface area (Å²) in [6.45, 7) is 4.17. The fraction of sp³-hybridized carbons (Fsp3) is 0.565. The van der Waals surface area contributed by atoms with Gasteiger partial charge in [0.25, 0.3) is 0 Å². The van der Waals surface area contributed by atoms with Crippen LogP contribution in [-0.4, -0.2) is 66.5 Å². The molecule has 0 aromatic carbocycles. The molecule has 74 heavy (non-hydrogen) atoms. The average molecular weight is 1050 g/mol. The Labute approximate surface area is 448 Å². The van der Waals surface area contributed by atoms with E-state index in [0.717, 1.165) is 109 Å². The second-order valence-electron chi connectivity index (χ2n) is 17.6. The number of allylic oxidation sites excluding steroid dienone is 24. The number of phosphoric acid groups is 1. The van der Waals surface area contributed by atoms with Gasteiger partial charge in [-0.05, 0) is 116 Å². The standard InChI is InChI=1S/C62H97O11P/c1-4-7-10-13-16-19-22-25-27-28-29-30-32-34-36-39-42-45-48-51-60(64)69-55-59(73-62(66)53-50-47-44-41-38-35-31-26-23-20-17-14-11-8-5-2)57-71-74(67,68)70-56-58(54-63)72-61(65)52-49-46-43-40-37-33-24-21-18-15-12-9-6-3/h7,9-10,12,16-21,25-27,29-31,33-34,36-37,42-43,45-46,58-59,63H,4-6,8,11,13-15,22-24,28,32,35,38-41,44,47-57H2,1-3H3,(H,67,68)/b10-7-,12-9-,19-16-,20-17-,21-18-,27-25-,30-29-,31-26-,36-34-,37-33-,45-42-,46-43-. The summed E-state index contributed by atoms with van der Waals surface area (Å²) in [7, 11) is -4.79. The summed E-state index contributed by atoms with van der Waals surface area (Å²) < 4.78 is 39.3. The third-order valence-corrected chi connectivity index (χ3v) is 11.7. The largest absolute Gasteiger partial charge is 0.472 e. The first kappa shape index (κ1) is 69.4. The summed E-state index contributed by atoms with van der Waals surface area (Å²) in [5, 5.41) is 9.78. The molecule has 0 amide bonds. The number of ether oxygens (including phenoxy) is 3. The van der Waals surface area contributed by atoms with Crippen molar-refractivity contribution in [3.8, 4) is 0 Å². The highest BCUT2D eigenvalue weighted by Crippen LogP contribution is 2.43. The molecule has 0 spiro atoms. The Morgan fingerprint density at radius 3 is 1.16 bits per heavy atom. The van der Waals surface area contributed by atoms with Crippen LogP contribution in [0.1, 0.15) is 188 Å². The lowest BCUT2D eigenvalue weighted by molar-refractivity contribution is -0.161. The number of aliphatic hydroxyl groups is 1. The molecule has 0 saturated heterocycles. The minimum Gasteiger partial charge on any atom is -0.462 e. The van der Waals surface area contributed by atoms with E-state index in [1.165, 1.54) is 19.3 Å². The summed E-state index contributed by atoms with van der Waals surface area (Å²) in [6, 6.07) is 0. The lowest BCUT2D eigenvalue weighted by Crippen LogP contribution is -2.30. The third-order valence-electron chi connectivity index (χ3n) is 10.8. The lowest BCUT2D eigenvalue weighted by atomic mass is 10.1. The van der Waals surface area contributed by atoms with Crippen LogP contribution >= 0.6 is 7.82 Å². The quantitative estimate of drug-likeness (QED) is 0.0197. The second-order valence-corrected chi connectivity index (χ2v) is 19.1. The van der Waals surface area contributed by atoms with E-state index in [-0.39, 0.29) is 19.3 Å². The van der Waals surface area contributed by atoms with Gasteiger partial charge in [-0.15, -0.1) is 0 Å². The lowest BCUT2D eigenvalue weighted by Gasteiger charge is -2.21. The summed E-state index contributed by atoms with van der Waals surface area (Å²) in [5.41, 5.74) is 0. The molecule has 11 nitrogen and oxygen atoms in total. The van der Waals surface area contributed by atoms with Gasteiger partial charge in [-0.25, -0.2) is 4.57 Å². The Hall–Kier alpha value is -4.64. The van der Waals surface area contributed by atoms with Gasteiger partial charge in [0, 0.05) is 19.3 Å². The fourth-order valence-corrected chi connectivity index (χ4v) is 7.38. The number of carbonyl (C=O) groups is 3. The van der Waals surface area contributed by atoms with E-state index in [4.69, 9.17) is 23.3 Å². The SMILES string of the molecule is CC/C=C\C/C=C\C/C=C\C/C=C\C/C=C\C/C=C\CCC(=O)OCC(COP(=O)(O)OCC(CO)OC(=O)CC/C=C\C/C=C\C/C=C\C/C=C\CC)OC(=O)CCCCCCC/C=C\C/C=C\CCCCC. The molecule has 3 unspecified atom stereocenters. The molecule has 2 N–H and O–H groups in total. The van der Waals surface area contributed by atoms with Crippen molar-refractivity contribution in [2.75, 3.05) is 26.4 Å². The van der Waals surface area contributed by atoms with Crippen molar-refractivity contribution < 1.29 is 52.2 Å². The van der Waals surface area contributed by atoms with Gasteiger partial charge in [0.05, 0.1) is 19.8 Å². The first-order chi connectivity index (χ1) is 36.2. The third kappa shape index (κ3) is 52.2. The highest BCUT2D eigenvalue weighted by Gasteiger charge is 2.28. The van der Waals surface area contributed by atoms with Gasteiger partial charge in [0.2, 0.25) is 0 Å². The highest BCUT2D eigenvalue weighted by atomic mass is 31.2. The van der Waals surface area contributed by atoms with Crippen molar-refractivity contribution in [1.29, 1.82) is 0 Å². The van der Waals surface area contributed by atoms with Gasteiger partial charge < -0.3 is 24.2 Å². The Kier molecular flexibility index (Phi) is 51.2. The average Bonchev–Trinajstić information content (AvgIpc) is 3.39. The van der Waals surface area contributed by atoms with E-state index in [1.807, 2.05) is 30.4 Å². The fourth-order valence-electron chi connectivity index (χ4n) is 6.60. The number of carbonyl (C=O) groups excluding carboxylic acids is 3. The molecule has 0 aliphatic rings. The van der Waals surface area contributed by atoms with Crippen LogP contribution in [0.4, 0.5) is 0 Å². The van der Waals surface area contributed by atoms with E-state index in [2.05, 4.69) is 136 Å². The number of rotatable bonds is 49. The van der Waals surface area contributed by atoms with Gasteiger partial charge in [-0.2, -0.15) is 0 Å². The Balaban J connectivity index is 4.95. The number of phosphoric ester groups is 1. The predicted molar refractivity (Wildman–Crippen MR) is 306 cm³/mol. The van der Waals surface area contributed by atoms with Gasteiger partial charge in [-0.1, -0.05) is 199 Å². The molecule has 0 rings (SSSR count). The van der Waals surface area contributed by atoms with Crippen molar-refractivity contribution in [3.05, 3.63) is 146 Å². The zero-order chi connectivity index (χ0) is 54.1. The van der Waals surface area contributed by atoms with Crippen molar-refractivity contribution in [2.45, 2.75) is 200 Å². The second kappa shape index (κ2) is 54.6. The van der Waals surface area contributed by atoms with Crippen LogP contribution in [0.3, 0.4) is 0 Å². The summed E-state index contributed by atoms with van der Waals surface area (Å²) in [4.78, 5) is 48.4. The molecule has 0 aliphatic carbocycles. The number of esters is 3. The Morgan fingerprint density at radius 1 is 0.392 bits per heavy atom. The minimum absolute atomic E-state index is 0.0420. The first-order valence-electron chi connectivity index (χ1n) is 27.7. The molecule has 0 saturated carbocycles. The normalized spacial score (nSPS) is 14.5.